The van der Waals surface area contributed by atoms with Crippen LogP contribution in [0, 0.1) is 5.82 Å². The number of carbonyl (C=O) groups is 1. The molecule has 8 heteroatoms. The van der Waals surface area contributed by atoms with E-state index in [4.69, 9.17) is 4.52 Å². The van der Waals surface area contributed by atoms with Crippen molar-refractivity contribution >= 4 is 18.3 Å². The first-order chi connectivity index (χ1) is 12.2. The quantitative estimate of drug-likeness (QED) is 0.831. The molecule has 1 aromatic heterocycles. The number of aromatic nitrogens is 2. The average Bonchev–Trinajstić information content (AvgIpc) is 3.11. The molecule has 142 valence electrons. The summed E-state index contributed by atoms with van der Waals surface area (Å²) >= 11 is 0. The van der Waals surface area contributed by atoms with Crippen LogP contribution in [-0.2, 0) is 11.2 Å². The molecule has 1 aromatic carbocycles. The molecule has 0 bridgehead atoms. The van der Waals surface area contributed by atoms with Crippen LogP contribution in [0.2, 0.25) is 0 Å². The van der Waals surface area contributed by atoms with E-state index in [0.717, 1.165) is 25.9 Å². The maximum atomic E-state index is 12.9. The van der Waals surface area contributed by atoms with E-state index in [9.17, 15) is 9.18 Å². The van der Waals surface area contributed by atoms with Crippen LogP contribution in [-0.4, -0.2) is 47.1 Å². The number of benzene rings is 1. The Morgan fingerprint density at radius 1 is 1.38 bits per heavy atom. The molecule has 1 aliphatic heterocycles. The van der Waals surface area contributed by atoms with Gasteiger partial charge in [0, 0.05) is 37.5 Å². The van der Waals surface area contributed by atoms with Crippen molar-refractivity contribution in [1.29, 1.82) is 0 Å². The minimum absolute atomic E-state index is 0. The second-order valence-electron chi connectivity index (χ2n) is 6.34. The van der Waals surface area contributed by atoms with E-state index in [1.165, 1.54) is 12.1 Å². The third kappa shape index (κ3) is 5.25. The molecule has 1 aliphatic rings. The van der Waals surface area contributed by atoms with Gasteiger partial charge in [-0.2, -0.15) is 4.98 Å². The number of rotatable bonds is 6. The SMILES string of the molecule is CNC1CCCN(C(=O)CCCc2nc(-c3ccc(F)cc3)no2)C1.Cl. The first-order valence-electron chi connectivity index (χ1n) is 8.69. The summed E-state index contributed by atoms with van der Waals surface area (Å²) in [4.78, 5) is 18.5. The Balaban J connectivity index is 0.00000243. The van der Waals surface area contributed by atoms with Gasteiger partial charge in [-0.3, -0.25) is 4.79 Å². The van der Waals surface area contributed by atoms with E-state index >= 15 is 0 Å². The van der Waals surface area contributed by atoms with E-state index in [2.05, 4.69) is 15.5 Å². The lowest BCUT2D eigenvalue weighted by atomic mass is 10.1. The largest absolute Gasteiger partial charge is 0.341 e. The number of nitrogens with zero attached hydrogens (tertiary/aromatic N) is 3. The van der Waals surface area contributed by atoms with Gasteiger partial charge in [-0.05, 0) is 50.6 Å². The lowest BCUT2D eigenvalue weighted by molar-refractivity contribution is -0.132. The predicted octanol–water partition coefficient (Wildman–Crippen LogP) is 2.83. The van der Waals surface area contributed by atoms with Gasteiger partial charge in [0.15, 0.2) is 0 Å². The number of halogens is 2. The Bertz CT molecular complexity index is 707. The van der Waals surface area contributed by atoms with E-state index in [1.807, 2.05) is 11.9 Å². The summed E-state index contributed by atoms with van der Waals surface area (Å²) in [5.74, 6) is 0.815. The molecule has 0 saturated carbocycles. The van der Waals surface area contributed by atoms with Gasteiger partial charge < -0.3 is 14.7 Å². The van der Waals surface area contributed by atoms with Crippen molar-refractivity contribution in [1.82, 2.24) is 20.4 Å². The third-order valence-corrected chi connectivity index (χ3v) is 4.53. The van der Waals surface area contributed by atoms with Crippen LogP contribution in [0.15, 0.2) is 28.8 Å². The molecule has 1 amide bonds. The number of carbonyl (C=O) groups excluding carboxylic acids is 1. The molecule has 6 nitrogen and oxygen atoms in total. The minimum Gasteiger partial charge on any atom is -0.341 e. The Morgan fingerprint density at radius 3 is 2.88 bits per heavy atom. The number of hydrogen-bond acceptors (Lipinski definition) is 5. The summed E-state index contributed by atoms with van der Waals surface area (Å²) in [5.41, 5.74) is 0.707. The van der Waals surface area contributed by atoms with E-state index < -0.39 is 0 Å². The zero-order valence-electron chi connectivity index (χ0n) is 14.8. The Kier molecular flexibility index (Phi) is 7.53. The minimum atomic E-state index is -0.302. The fourth-order valence-electron chi connectivity index (χ4n) is 3.06. The highest BCUT2D eigenvalue weighted by Gasteiger charge is 2.22. The highest BCUT2D eigenvalue weighted by atomic mass is 35.5. The van der Waals surface area contributed by atoms with Gasteiger partial charge in [-0.1, -0.05) is 5.16 Å². The van der Waals surface area contributed by atoms with Crippen LogP contribution >= 0.6 is 12.4 Å². The summed E-state index contributed by atoms with van der Waals surface area (Å²) < 4.78 is 18.2. The van der Waals surface area contributed by atoms with Crippen LogP contribution in [0.25, 0.3) is 11.4 Å². The zero-order chi connectivity index (χ0) is 17.6. The standard InChI is InChI=1S/C18H23FN4O2.ClH/c1-20-15-4-3-11-23(12-15)17(24)6-2-5-16-21-18(22-25-16)13-7-9-14(19)10-8-13;/h7-10,15,20H,2-6,11-12H2,1H3;1H. The molecule has 3 rings (SSSR count). The number of piperidine rings is 1. The highest BCUT2D eigenvalue weighted by molar-refractivity contribution is 5.85. The lowest BCUT2D eigenvalue weighted by Crippen LogP contribution is -2.46. The highest BCUT2D eigenvalue weighted by Crippen LogP contribution is 2.17. The Hall–Kier alpha value is -1.99. The van der Waals surface area contributed by atoms with Gasteiger partial charge in [-0.25, -0.2) is 4.39 Å². The third-order valence-electron chi connectivity index (χ3n) is 4.53. The molecule has 0 aliphatic carbocycles. The molecular formula is C18H24ClFN4O2. The summed E-state index contributed by atoms with van der Waals surface area (Å²) in [5, 5.41) is 7.15. The maximum absolute atomic E-state index is 12.9. The molecular weight excluding hydrogens is 359 g/mol. The van der Waals surface area contributed by atoms with Gasteiger partial charge in [-0.15, -0.1) is 12.4 Å². The lowest BCUT2D eigenvalue weighted by Gasteiger charge is -2.32. The van der Waals surface area contributed by atoms with Crippen LogP contribution in [0.5, 0.6) is 0 Å². The topological polar surface area (TPSA) is 71.3 Å². The van der Waals surface area contributed by atoms with Crippen molar-refractivity contribution < 1.29 is 13.7 Å². The monoisotopic (exact) mass is 382 g/mol. The van der Waals surface area contributed by atoms with Crippen molar-refractivity contribution in [3.8, 4) is 11.4 Å². The van der Waals surface area contributed by atoms with E-state index in [-0.39, 0.29) is 24.1 Å². The first kappa shape index (κ1) is 20.3. The number of amides is 1. The van der Waals surface area contributed by atoms with Gasteiger partial charge >= 0.3 is 0 Å². The van der Waals surface area contributed by atoms with Gasteiger partial charge in [0.25, 0.3) is 0 Å². The van der Waals surface area contributed by atoms with E-state index in [0.29, 0.717) is 42.6 Å². The average molecular weight is 383 g/mol. The van der Waals surface area contributed by atoms with Crippen molar-refractivity contribution in [2.24, 2.45) is 0 Å². The molecule has 1 atom stereocenters. The first-order valence-corrected chi connectivity index (χ1v) is 8.69. The zero-order valence-corrected chi connectivity index (χ0v) is 15.6. The number of nitrogens with one attached hydrogen (secondary N) is 1. The summed E-state index contributed by atoms with van der Waals surface area (Å²) in [6, 6.07) is 6.35. The van der Waals surface area contributed by atoms with Crippen LogP contribution < -0.4 is 5.32 Å². The summed E-state index contributed by atoms with van der Waals surface area (Å²) in [6.45, 7) is 1.62. The van der Waals surface area contributed by atoms with Gasteiger partial charge in [0.05, 0.1) is 0 Å². The number of hydrogen-bond donors (Lipinski definition) is 1. The smallest absolute Gasteiger partial charge is 0.226 e. The second-order valence-corrected chi connectivity index (χ2v) is 6.34. The fourth-order valence-corrected chi connectivity index (χ4v) is 3.06. The van der Waals surface area contributed by atoms with Crippen LogP contribution in [0.1, 0.15) is 31.6 Å². The number of likely N-dealkylation sites (tertiary alicyclic amines) is 1. The number of likely N-dealkylation sites (N-methyl/N-ethyl adjacent to an activating group) is 1. The van der Waals surface area contributed by atoms with Crippen molar-refractivity contribution in [2.75, 3.05) is 20.1 Å². The normalized spacial score (nSPS) is 17.0. The van der Waals surface area contributed by atoms with E-state index in [1.54, 1.807) is 12.1 Å². The molecule has 26 heavy (non-hydrogen) atoms. The fraction of sp³-hybridized carbons (Fsp3) is 0.500. The molecule has 1 fully saturated rings. The molecule has 1 unspecified atom stereocenters. The second kappa shape index (κ2) is 9.64. The number of aryl methyl sites for hydroxylation is 1. The molecule has 1 saturated heterocycles. The molecule has 1 N–H and O–H groups in total. The Labute approximate surface area is 158 Å². The van der Waals surface area contributed by atoms with Crippen LogP contribution in [0.3, 0.4) is 0 Å². The predicted molar refractivity (Wildman–Crippen MR) is 98.5 cm³/mol. The van der Waals surface area contributed by atoms with Crippen molar-refractivity contribution in [3.63, 3.8) is 0 Å². The molecule has 2 heterocycles. The maximum Gasteiger partial charge on any atom is 0.226 e. The van der Waals surface area contributed by atoms with Gasteiger partial charge in [0.1, 0.15) is 5.82 Å². The van der Waals surface area contributed by atoms with Crippen molar-refractivity contribution in [3.05, 3.63) is 36.0 Å². The van der Waals surface area contributed by atoms with Crippen molar-refractivity contribution in [2.45, 2.75) is 38.1 Å². The summed E-state index contributed by atoms with van der Waals surface area (Å²) in [7, 11) is 1.94. The van der Waals surface area contributed by atoms with Gasteiger partial charge in [0.2, 0.25) is 17.6 Å². The molecule has 2 aromatic rings. The summed E-state index contributed by atoms with van der Waals surface area (Å²) in [6.07, 6.45) is 3.87. The molecule has 0 spiro atoms. The van der Waals surface area contributed by atoms with Crippen LogP contribution in [0.4, 0.5) is 4.39 Å². The Morgan fingerprint density at radius 2 is 2.15 bits per heavy atom. The molecule has 0 radical (unpaired) electrons.